The number of aliphatic hydroxyl groups excluding tert-OH is 6. The summed E-state index contributed by atoms with van der Waals surface area (Å²) in [5, 5.41) is 112. The number of nitrogens with zero attached hydrogens (tertiary/aromatic N) is 7. The molecule has 0 spiro atoms. The minimum absolute atomic E-state index is 0.00749. The number of aromatic nitrogens is 3. The number of alkyl carbamates (subject to hydrolysis) is 1. The normalized spacial score (nSPS) is 23.5. The van der Waals surface area contributed by atoms with Crippen LogP contribution in [0.2, 0.25) is 0 Å². The van der Waals surface area contributed by atoms with Crippen molar-refractivity contribution in [1.82, 2.24) is 61.2 Å². The van der Waals surface area contributed by atoms with Gasteiger partial charge in [0.05, 0.1) is 54.6 Å². The number of phenols is 1. The first kappa shape index (κ1) is 87.9. The number of nitrogens with one attached hydrogen (secondary N) is 6. The van der Waals surface area contributed by atoms with E-state index in [9.17, 15) is 69.3 Å². The van der Waals surface area contributed by atoms with Gasteiger partial charge in [-0.05, 0) is 127 Å². The zero-order chi connectivity index (χ0) is 80.8. The first-order valence-corrected chi connectivity index (χ1v) is 38.5. The number of rotatable bonds is 28. The average Bonchev–Trinajstić information content (AvgIpc) is 1.66. The van der Waals surface area contributed by atoms with Crippen LogP contribution in [0.4, 0.5) is 10.5 Å². The van der Waals surface area contributed by atoms with Crippen molar-refractivity contribution < 1.29 is 107 Å². The number of carbonyl (C=O) groups is 8. The Morgan fingerprint density at radius 2 is 1.47 bits per heavy atom. The van der Waals surface area contributed by atoms with Crippen LogP contribution in [0.15, 0.2) is 85.6 Å². The molecule has 37 heteroatoms. The highest BCUT2D eigenvalue weighted by molar-refractivity contribution is 7.90. The Morgan fingerprint density at radius 1 is 0.802 bits per heavy atom. The Balaban J connectivity index is 0.00000161. The third kappa shape index (κ3) is 24.2. The van der Waals surface area contributed by atoms with Crippen molar-refractivity contribution in [3.8, 4) is 33.3 Å². The second kappa shape index (κ2) is 42.3. The van der Waals surface area contributed by atoms with E-state index >= 15 is 4.79 Å². The van der Waals surface area contributed by atoms with E-state index in [1.54, 1.807) is 30.0 Å². The molecule has 8 amide bonds. The number of β-amino-alcohol motifs (C(OH)–C–C–N with tert-alkyl or cyclic N) is 1. The topological polar surface area (TPSA) is 469 Å². The van der Waals surface area contributed by atoms with Gasteiger partial charge in [0.25, 0.3) is 18.2 Å². The molecule has 0 unspecified atom stereocenters. The van der Waals surface area contributed by atoms with Crippen LogP contribution in [0.1, 0.15) is 109 Å². The molecule has 0 bridgehead atoms. The molecule has 3 aromatic carbocycles. The third-order valence-electron chi connectivity index (χ3n) is 19.6. The number of unbranched alkanes of at least 4 members (excludes halogenated alkanes) is 1. The molecule has 5 aromatic rings. The lowest BCUT2D eigenvalue weighted by Gasteiger charge is -2.34. The molecule has 6 heterocycles. The molecule has 0 radical (unpaired) electrons. The highest BCUT2D eigenvalue weighted by atomic mass is 32.2. The maximum atomic E-state index is 15.0. The van der Waals surface area contributed by atoms with E-state index in [2.05, 4.69) is 104 Å². The van der Waals surface area contributed by atoms with Crippen LogP contribution in [-0.2, 0) is 58.8 Å². The number of methoxy groups -OCH3 is 1. The molecule has 35 nitrogen and oxygen atoms in total. The van der Waals surface area contributed by atoms with Gasteiger partial charge in [-0.3, -0.25) is 38.5 Å². The highest BCUT2D eigenvalue weighted by Gasteiger charge is 2.50. The molecule has 111 heavy (non-hydrogen) atoms. The second-order valence-electron chi connectivity index (χ2n) is 28.4. The summed E-state index contributed by atoms with van der Waals surface area (Å²) in [7, 11) is 1.70. The van der Waals surface area contributed by atoms with E-state index in [1.165, 1.54) is 42.5 Å². The van der Waals surface area contributed by atoms with E-state index in [1.807, 2.05) is 12.1 Å². The van der Waals surface area contributed by atoms with Gasteiger partial charge < -0.3 is 101 Å². The quantitative estimate of drug-likeness (QED) is 0.0112. The Morgan fingerprint density at radius 3 is 2.11 bits per heavy atom. The number of imidazole rings is 1. The maximum absolute atomic E-state index is 15.0. The predicted molar refractivity (Wildman–Crippen MR) is 407 cm³/mol. The largest absolute Gasteiger partial charge is 0.504 e. The molecule has 0 saturated carbocycles. The van der Waals surface area contributed by atoms with E-state index in [0.29, 0.717) is 28.3 Å². The highest BCUT2D eigenvalue weighted by Crippen LogP contribution is 2.34. The van der Waals surface area contributed by atoms with Gasteiger partial charge in [0, 0.05) is 119 Å². The lowest BCUT2D eigenvalue weighted by atomic mass is 9.98. The fraction of sp³-hybridized carbons (Fsp3) is 0.568. The fourth-order valence-electron chi connectivity index (χ4n) is 13.8. The van der Waals surface area contributed by atoms with Gasteiger partial charge in [0.15, 0.2) is 11.5 Å². The SMILES string of the molecule is C=CCOC(=O)NCC[C@@H](O)[C@@H]1NC(=O)[C@H]([C@H](O)Cc2ccc(O)c(OSOOO)c2)NC(=O)[C@@H]2C[C@H](O)CN2C(=O)[C@H]([C@H](C)O)NC(=O)[C@@H](NC(=O)c2ccc(-c3cn4nc(-c5ccc(N6CCC(OCCCCOC)CC6)cc5)sc4n3)cc2)C[C@H](O)CNC(=O)[C@@H]2[C@@H](O)[C@H](C)CN2C1=O.CCN(C(C)C)C(C)C. The zero-order valence-electron chi connectivity index (χ0n) is 63.4. The maximum Gasteiger partial charge on any atom is 0.407 e. The fourth-order valence-corrected chi connectivity index (χ4v) is 14.9. The van der Waals surface area contributed by atoms with Crippen molar-refractivity contribution in [3.05, 3.63) is 96.7 Å². The number of anilines is 1. The van der Waals surface area contributed by atoms with Crippen LogP contribution in [0.3, 0.4) is 0 Å². The van der Waals surface area contributed by atoms with Gasteiger partial charge in [0.2, 0.25) is 40.4 Å². The van der Waals surface area contributed by atoms with Crippen molar-refractivity contribution in [3.63, 3.8) is 0 Å². The van der Waals surface area contributed by atoms with E-state index in [0.717, 1.165) is 104 Å². The summed E-state index contributed by atoms with van der Waals surface area (Å²) in [4.78, 5) is 127. The molecule has 4 aliphatic rings. The number of fused-ring (bicyclic) bond motifs is 3. The molecule has 0 aliphatic carbocycles. The van der Waals surface area contributed by atoms with Crippen LogP contribution < -0.4 is 41.0 Å². The average molecular weight is 1590 g/mol. The van der Waals surface area contributed by atoms with Crippen LogP contribution in [0.25, 0.3) is 26.8 Å². The Labute approximate surface area is 651 Å². The Hall–Kier alpha value is -8.67. The van der Waals surface area contributed by atoms with Gasteiger partial charge in [0.1, 0.15) is 47.9 Å². The van der Waals surface area contributed by atoms with Crippen LogP contribution in [-0.4, -0.2) is 282 Å². The molecule has 13 atom stereocenters. The van der Waals surface area contributed by atoms with Crippen molar-refractivity contribution >= 4 is 81.8 Å². The molecular weight excluding hydrogens is 1490 g/mol. The number of hydrogen-bond acceptors (Lipinski definition) is 28. The molecule has 9 rings (SSSR count). The summed E-state index contributed by atoms with van der Waals surface area (Å²) in [6.07, 6.45) is -6.82. The van der Waals surface area contributed by atoms with Crippen molar-refractivity contribution in [2.45, 2.75) is 191 Å². The molecule has 4 saturated heterocycles. The lowest BCUT2D eigenvalue weighted by Crippen LogP contribution is -2.64. The number of benzene rings is 3. The number of phenolic OH excluding ortho intramolecular Hbond substituents is 1. The summed E-state index contributed by atoms with van der Waals surface area (Å²) in [6.45, 7) is 19.3. The summed E-state index contributed by atoms with van der Waals surface area (Å²) in [6, 6.07) is 7.70. The van der Waals surface area contributed by atoms with Crippen LogP contribution in [0.5, 0.6) is 11.5 Å². The number of piperidine rings is 1. The van der Waals surface area contributed by atoms with Crippen molar-refractivity contribution in [1.29, 1.82) is 0 Å². The second-order valence-corrected chi connectivity index (χ2v) is 29.8. The molecule has 2 aromatic heterocycles. The predicted octanol–water partition coefficient (Wildman–Crippen LogP) is 1.98. The van der Waals surface area contributed by atoms with Crippen LogP contribution in [0, 0.1) is 5.92 Å². The van der Waals surface area contributed by atoms with Gasteiger partial charge in [-0.1, -0.05) is 65.4 Å². The van der Waals surface area contributed by atoms with E-state index in [-0.39, 0.29) is 48.5 Å². The number of ether oxygens (including phenoxy) is 3. The number of aromatic hydroxyl groups is 1. The lowest BCUT2D eigenvalue weighted by molar-refractivity contribution is -0.433. The first-order valence-electron chi connectivity index (χ1n) is 37.1. The number of aliphatic hydroxyl groups is 6. The number of hydrogen-bond donors (Lipinski definition) is 14. The smallest absolute Gasteiger partial charge is 0.407 e. The summed E-state index contributed by atoms with van der Waals surface area (Å²) < 4.78 is 27.2. The monoisotopic (exact) mass is 1590 g/mol. The minimum Gasteiger partial charge on any atom is -0.504 e. The van der Waals surface area contributed by atoms with Gasteiger partial charge >= 0.3 is 6.09 Å². The zero-order valence-corrected chi connectivity index (χ0v) is 65.1. The minimum atomic E-state index is -2.18. The standard InChI is InChI=1S/C66H86N12O22S2.C8H19N/c1-5-24-97-66(93)67-21-18-49(83)54-64(92)77-32-35(2)56(85)55(77)61(90)68-31-42(80)29-45(58(87)71-52(36(3)79)63(91)76-33-43(81)30-47(76)59(88)72-53(60(89)73-54)50(84)27-37-8-17-48(82)51(28-37)98-102-100-99-94)69-57(86)39-11-9-38(10-12-39)46-34-78-65(70-46)101-62(74-78)40-13-15-41(16-14-40)75-22-19-44(20-23-75)96-26-7-6-25-95-4;1-6-9(7(2)3)8(4)5/h5,8-17,28,34-36,42-45,47,49-50,52-56,79-85,94H,1,6-7,18-27,29-33H2,2-4H3,(H,67,93)(H,68,90)(H,69,86)(H,71,87)(H,72,88)(H,73,89);7-8H,6H2,1-5H3/t35-,36+,42+,43+,45+,47+,49-,50-,52+,53+,54+,55+,56+;/m1./s1. The molecule has 14 N–H and O–H groups in total. The first-order chi connectivity index (χ1) is 53.0. The van der Waals surface area contributed by atoms with Gasteiger partial charge in [-0.15, -0.1) is 0 Å². The number of carbonyl (C=O) groups excluding carboxylic acids is 8. The molecule has 610 valence electrons. The Kier molecular flexibility index (Phi) is 33.5. The number of amides is 8. The summed E-state index contributed by atoms with van der Waals surface area (Å²) in [5.41, 5.74) is 3.23. The van der Waals surface area contributed by atoms with Gasteiger partial charge in [-0.2, -0.15) is 5.10 Å². The summed E-state index contributed by atoms with van der Waals surface area (Å²) >= 11 is 1.45. The Bertz CT molecular complexity index is 3860. The van der Waals surface area contributed by atoms with Gasteiger partial charge in [-0.25, -0.2) is 19.6 Å². The van der Waals surface area contributed by atoms with Crippen molar-refractivity contribution in [2.24, 2.45) is 5.92 Å². The van der Waals surface area contributed by atoms with E-state index < -0.39 is 177 Å². The van der Waals surface area contributed by atoms with Crippen molar-refractivity contribution in [2.75, 3.05) is 77.6 Å². The molecule has 4 fully saturated rings. The third-order valence-corrected chi connectivity index (χ3v) is 21.0. The molecule has 4 aliphatic heterocycles. The summed E-state index contributed by atoms with van der Waals surface area (Å²) in [5.74, 6) is -9.75. The molecular formula is C74H105N13O22S2. The van der Waals surface area contributed by atoms with Crippen LogP contribution >= 0.6 is 23.7 Å². The van der Waals surface area contributed by atoms with E-state index in [4.69, 9.17) is 33.7 Å².